The number of H-pyrrole nitrogens is 1. The Balaban J connectivity index is 1.78. The highest BCUT2D eigenvalue weighted by molar-refractivity contribution is 6.33. The molecule has 0 bridgehead atoms. The van der Waals surface area contributed by atoms with Crippen LogP contribution >= 0.6 is 11.6 Å². The molecule has 0 radical (unpaired) electrons. The molecule has 6 heteroatoms. The van der Waals surface area contributed by atoms with Crippen LogP contribution in [0.2, 0.25) is 5.15 Å². The van der Waals surface area contributed by atoms with Crippen molar-refractivity contribution < 1.29 is 4.57 Å². The van der Waals surface area contributed by atoms with Crippen LogP contribution in [-0.4, -0.2) is 14.5 Å². The van der Waals surface area contributed by atoms with Crippen LogP contribution in [0.3, 0.4) is 0 Å². The first-order valence-electron chi connectivity index (χ1n) is 8.66. The zero-order chi connectivity index (χ0) is 18.6. The average molecular weight is 369 g/mol. The lowest BCUT2D eigenvalue weighted by Gasteiger charge is -2.15. The number of aromatic amines is 1. The van der Waals surface area contributed by atoms with E-state index in [0.29, 0.717) is 12.4 Å². The van der Waals surface area contributed by atoms with Gasteiger partial charge in [-0.25, -0.2) is 4.98 Å². The molecule has 0 atom stereocenters. The van der Waals surface area contributed by atoms with Crippen LogP contribution in [0, 0.1) is 0 Å². The zero-order valence-corrected chi connectivity index (χ0v) is 16.2. The third-order valence-corrected chi connectivity index (χ3v) is 5.32. The number of pyridine rings is 2. The lowest BCUT2D eigenvalue weighted by Crippen LogP contribution is -2.36. The summed E-state index contributed by atoms with van der Waals surface area (Å²) in [6.45, 7) is 7.23. The predicted molar refractivity (Wildman–Crippen MR) is 106 cm³/mol. The summed E-state index contributed by atoms with van der Waals surface area (Å²) < 4.78 is 4.19. The van der Waals surface area contributed by atoms with Crippen LogP contribution < -0.4 is 10.3 Å². The second kappa shape index (κ2) is 5.74. The lowest BCUT2D eigenvalue weighted by atomic mass is 9.92. The van der Waals surface area contributed by atoms with Gasteiger partial charge < -0.3 is 15.3 Å². The minimum atomic E-state index is 0.0502. The molecule has 3 N–H and O–H groups in total. The maximum atomic E-state index is 6.73. The number of aryl methyl sites for hydroxylation is 1. The lowest BCUT2D eigenvalue weighted by molar-refractivity contribution is -0.685. The van der Waals surface area contributed by atoms with E-state index in [4.69, 9.17) is 17.3 Å². The SMILES string of the molecule is Cn1c(C[n+]2ccc3[nH]c(C(C)(C)C)cc3c2Cl)cc2nc(N)ccc21. The van der Waals surface area contributed by atoms with Gasteiger partial charge in [0, 0.05) is 24.2 Å². The Morgan fingerprint density at radius 2 is 2.00 bits per heavy atom. The van der Waals surface area contributed by atoms with Gasteiger partial charge in [-0.05, 0) is 35.9 Å². The number of nitrogens with one attached hydrogen (secondary N) is 1. The van der Waals surface area contributed by atoms with E-state index in [1.54, 1.807) is 0 Å². The molecule has 0 amide bonds. The Kier molecular flexibility index (Phi) is 3.74. The summed E-state index contributed by atoms with van der Waals surface area (Å²) in [5.41, 5.74) is 11.2. The van der Waals surface area contributed by atoms with Crippen LogP contribution in [0.5, 0.6) is 0 Å². The highest BCUT2D eigenvalue weighted by Gasteiger charge is 2.22. The smallest absolute Gasteiger partial charge is 0.284 e. The van der Waals surface area contributed by atoms with Gasteiger partial charge in [-0.2, -0.15) is 4.57 Å². The van der Waals surface area contributed by atoms with Crippen LogP contribution in [0.1, 0.15) is 32.2 Å². The van der Waals surface area contributed by atoms with Crippen LogP contribution in [-0.2, 0) is 19.0 Å². The van der Waals surface area contributed by atoms with Crippen molar-refractivity contribution in [2.24, 2.45) is 7.05 Å². The Morgan fingerprint density at radius 3 is 2.73 bits per heavy atom. The van der Waals surface area contributed by atoms with Gasteiger partial charge in [0.1, 0.15) is 5.82 Å². The van der Waals surface area contributed by atoms with E-state index >= 15 is 0 Å². The normalized spacial score (nSPS) is 12.3. The number of anilines is 1. The van der Waals surface area contributed by atoms with E-state index < -0.39 is 0 Å². The third kappa shape index (κ3) is 2.72. The van der Waals surface area contributed by atoms with Crippen LogP contribution in [0.4, 0.5) is 5.82 Å². The number of aromatic nitrogens is 4. The summed E-state index contributed by atoms with van der Waals surface area (Å²) >= 11 is 6.73. The van der Waals surface area contributed by atoms with Crippen LogP contribution in [0.15, 0.2) is 36.5 Å². The Hall–Kier alpha value is -2.53. The fraction of sp³-hybridized carbons (Fsp3) is 0.300. The molecule has 4 aromatic rings. The van der Waals surface area contributed by atoms with Gasteiger partial charge in [0.15, 0.2) is 12.7 Å². The molecular weight excluding hydrogens is 346 g/mol. The second-order valence-corrected chi connectivity index (χ2v) is 8.19. The number of halogens is 1. The van der Waals surface area contributed by atoms with Crippen molar-refractivity contribution in [3.8, 4) is 0 Å². The van der Waals surface area contributed by atoms with E-state index in [-0.39, 0.29) is 5.41 Å². The zero-order valence-electron chi connectivity index (χ0n) is 15.5. The summed E-state index contributed by atoms with van der Waals surface area (Å²) in [5.74, 6) is 0.531. The maximum absolute atomic E-state index is 6.73. The number of nitrogens with zero attached hydrogens (tertiary/aromatic N) is 3. The highest BCUT2D eigenvalue weighted by atomic mass is 35.5. The summed E-state index contributed by atoms with van der Waals surface area (Å²) in [6, 6.07) is 10.1. The van der Waals surface area contributed by atoms with Crippen molar-refractivity contribution in [1.29, 1.82) is 0 Å². The van der Waals surface area contributed by atoms with Crippen molar-refractivity contribution in [1.82, 2.24) is 14.5 Å². The standard InChI is InChI=1S/C20H22ClN5/c1-20(2,3)17-10-13-14(23-17)7-8-26(19(13)21)11-12-9-15-16(25(12)4)5-6-18(22)24-15/h5-10H,11H2,1-4H3,(H2,22,24)/p+1. The maximum Gasteiger partial charge on any atom is 0.284 e. The first kappa shape index (κ1) is 16.9. The average Bonchev–Trinajstić information content (AvgIpc) is 3.12. The largest absolute Gasteiger partial charge is 0.384 e. The van der Waals surface area contributed by atoms with Gasteiger partial charge in [0.25, 0.3) is 5.15 Å². The summed E-state index contributed by atoms with van der Waals surface area (Å²) in [5, 5.41) is 1.77. The molecule has 4 aromatic heterocycles. The van der Waals surface area contributed by atoms with Crippen molar-refractivity contribution in [2.45, 2.75) is 32.7 Å². The number of rotatable bonds is 2. The quantitative estimate of drug-likeness (QED) is 0.416. The molecule has 4 heterocycles. The Bertz CT molecular complexity index is 1130. The molecule has 0 spiro atoms. The monoisotopic (exact) mass is 368 g/mol. The fourth-order valence-electron chi connectivity index (χ4n) is 3.29. The predicted octanol–water partition coefficient (Wildman–Crippen LogP) is 3.92. The third-order valence-electron chi connectivity index (χ3n) is 4.90. The molecule has 0 unspecified atom stereocenters. The van der Waals surface area contributed by atoms with Crippen molar-refractivity contribution in [3.05, 3.63) is 53.1 Å². The number of hydrogen-bond donors (Lipinski definition) is 2. The van der Waals surface area contributed by atoms with E-state index in [9.17, 15) is 0 Å². The Labute approximate surface area is 157 Å². The molecule has 0 saturated heterocycles. The minimum absolute atomic E-state index is 0.0502. The molecule has 0 aliphatic heterocycles. The first-order valence-corrected chi connectivity index (χ1v) is 9.04. The van der Waals surface area contributed by atoms with Crippen molar-refractivity contribution >= 4 is 39.4 Å². The molecule has 0 aliphatic rings. The Morgan fingerprint density at radius 1 is 1.23 bits per heavy atom. The van der Waals surface area contributed by atoms with E-state index in [1.165, 1.54) is 5.69 Å². The molecule has 0 aliphatic carbocycles. The molecular formula is C20H23ClN5+. The molecule has 0 fully saturated rings. The van der Waals surface area contributed by atoms with E-state index in [0.717, 1.165) is 32.8 Å². The van der Waals surface area contributed by atoms with Crippen molar-refractivity contribution in [2.75, 3.05) is 5.73 Å². The van der Waals surface area contributed by atoms with Gasteiger partial charge in [-0.3, -0.25) is 0 Å². The molecule has 4 rings (SSSR count). The van der Waals surface area contributed by atoms with Gasteiger partial charge in [-0.1, -0.05) is 20.8 Å². The van der Waals surface area contributed by atoms with E-state index in [2.05, 4.69) is 58.1 Å². The minimum Gasteiger partial charge on any atom is -0.384 e. The van der Waals surface area contributed by atoms with Gasteiger partial charge >= 0.3 is 0 Å². The summed E-state index contributed by atoms with van der Waals surface area (Å²) in [7, 11) is 2.04. The molecule has 26 heavy (non-hydrogen) atoms. The number of hydrogen-bond acceptors (Lipinski definition) is 2. The first-order chi connectivity index (χ1) is 12.2. The van der Waals surface area contributed by atoms with Gasteiger partial charge in [0.2, 0.25) is 0 Å². The number of fused-ring (bicyclic) bond motifs is 2. The summed E-state index contributed by atoms with van der Waals surface area (Å²) in [6.07, 6.45) is 2.02. The molecule has 134 valence electrons. The molecule has 0 saturated carbocycles. The van der Waals surface area contributed by atoms with E-state index in [1.807, 2.05) is 25.4 Å². The fourth-order valence-corrected chi connectivity index (χ4v) is 3.56. The van der Waals surface area contributed by atoms with Crippen LogP contribution in [0.25, 0.3) is 21.9 Å². The highest BCUT2D eigenvalue weighted by Crippen LogP contribution is 2.28. The van der Waals surface area contributed by atoms with Crippen molar-refractivity contribution in [3.63, 3.8) is 0 Å². The molecule has 0 aromatic carbocycles. The number of nitrogen functional groups attached to an aromatic ring is 1. The number of nitrogens with two attached hydrogens (primary N) is 1. The summed E-state index contributed by atoms with van der Waals surface area (Å²) in [4.78, 5) is 7.89. The molecule has 5 nitrogen and oxygen atoms in total. The second-order valence-electron chi connectivity index (χ2n) is 7.83. The van der Waals surface area contributed by atoms with Gasteiger partial charge in [-0.15, -0.1) is 0 Å². The van der Waals surface area contributed by atoms with Gasteiger partial charge in [0.05, 0.1) is 27.6 Å². The topological polar surface area (TPSA) is 63.5 Å².